The van der Waals surface area contributed by atoms with Crippen LogP contribution in [0.5, 0.6) is 0 Å². The number of morpholine rings is 1. The van der Waals surface area contributed by atoms with Crippen LogP contribution in [0.15, 0.2) is 24.3 Å². The van der Waals surface area contributed by atoms with Crippen molar-refractivity contribution in [3.8, 4) is 0 Å². The molecule has 0 atom stereocenters. The van der Waals surface area contributed by atoms with E-state index in [1.54, 1.807) is 4.90 Å². The first-order chi connectivity index (χ1) is 10.7. The Hall–Kier alpha value is -1.92. The van der Waals surface area contributed by atoms with Gasteiger partial charge in [0.1, 0.15) is 0 Å². The fourth-order valence-electron chi connectivity index (χ4n) is 2.81. The first-order valence-corrected chi connectivity index (χ1v) is 7.73. The minimum atomic E-state index is -0.0214. The average molecular weight is 303 g/mol. The van der Waals surface area contributed by atoms with Crippen molar-refractivity contribution < 1.29 is 14.3 Å². The van der Waals surface area contributed by atoms with E-state index in [-0.39, 0.29) is 11.8 Å². The summed E-state index contributed by atoms with van der Waals surface area (Å²) in [5.41, 5.74) is 1.65. The Morgan fingerprint density at radius 2 is 1.86 bits per heavy atom. The second-order valence-electron chi connectivity index (χ2n) is 5.63. The highest BCUT2D eigenvalue weighted by atomic mass is 16.5. The average Bonchev–Trinajstić information content (AvgIpc) is 2.95. The molecule has 0 spiro atoms. The van der Waals surface area contributed by atoms with Crippen LogP contribution in [0.4, 0.5) is 11.4 Å². The molecule has 2 amide bonds. The monoisotopic (exact) mass is 303 g/mol. The van der Waals surface area contributed by atoms with Crippen LogP contribution >= 0.6 is 0 Å². The van der Waals surface area contributed by atoms with Gasteiger partial charge in [-0.25, -0.2) is 0 Å². The first kappa shape index (κ1) is 15.0. The van der Waals surface area contributed by atoms with E-state index in [4.69, 9.17) is 4.74 Å². The molecular weight excluding hydrogens is 282 g/mol. The molecule has 0 saturated carbocycles. The molecule has 1 aromatic rings. The minimum absolute atomic E-state index is 0.0214. The van der Waals surface area contributed by atoms with E-state index in [2.05, 4.69) is 10.2 Å². The molecule has 6 nitrogen and oxygen atoms in total. The largest absolute Gasteiger partial charge is 0.379 e. The lowest BCUT2D eigenvalue weighted by Crippen LogP contribution is -2.41. The molecule has 118 valence electrons. The molecular formula is C16H21N3O3. The number of hydrogen-bond donors (Lipinski definition) is 1. The number of nitrogens with one attached hydrogen (secondary N) is 1. The van der Waals surface area contributed by atoms with Gasteiger partial charge < -0.3 is 15.0 Å². The predicted molar refractivity (Wildman–Crippen MR) is 83.9 cm³/mol. The molecule has 3 rings (SSSR count). The molecule has 0 unspecified atom stereocenters. The van der Waals surface area contributed by atoms with Crippen LogP contribution in [0.1, 0.15) is 12.8 Å². The summed E-state index contributed by atoms with van der Waals surface area (Å²) in [5.74, 6) is 0.149. The van der Waals surface area contributed by atoms with E-state index in [1.807, 2.05) is 24.3 Å². The molecule has 0 aromatic heterocycles. The quantitative estimate of drug-likeness (QED) is 0.904. The van der Waals surface area contributed by atoms with Crippen molar-refractivity contribution >= 4 is 23.2 Å². The lowest BCUT2D eigenvalue weighted by atomic mass is 10.2. The smallest absolute Gasteiger partial charge is 0.238 e. The first-order valence-electron chi connectivity index (χ1n) is 7.73. The van der Waals surface area contributed by atoms with Crippen molar-refractivity contribution in [2.75, 3.05) is 49.6 Å². The highest BCUT2D eigenvalue weighted by Gasteiger charge is 2.21. The third kappa shape index (κ3) is 3.64. The standard InChI is InChI=1S/C16H21N3O3/c20-15(12-18-8-10-22-11-9-18)17-13-3-5-14(6-4-13)19-7-1-2-16(19)21/h3-6H,1-2,7-12H2,(H,17,20). The van der Waals surface area contributed by atoms with E-state index in [0.29, 0.717) is 26.2 Å². The van der Waals surface area contributed by atoms with Gasteiger partial charge >= 0.3 is 0 Å². The second kappa shape index (κ2) is 6.89. The zero-order chi connectivity index (χ0) is 15.4. The maximum Gasteiger partial charge on any atom is 0.238 e. The van der Waals surface area contributed by atoms with Crippen LogP contribution in [0.2, 0.25) is 0 Å². The number of benzene rings is 1. The van der Waals surface area contributed by atoms with Gasteiger partial charge in [0.2, 0.25) is 11.8 Å². The lowest BCUT2D eigenvalue weighted by molar-refractivity contribution is -0.118. The Bertz CT molecular complexity index is 538. The fraction of sp³-hybridized carbons (Fsp3) is 0.500. The Balaban J connectivity index is 1.54. The van der Waals surface area contributed by atoms with E-state index in [9.17, 15) is 9.59 Å². The summed E-state index contributed by atoms with van der Waals surface area (Å²) in [6.45, 7) is 4.13. The van der Waals surface area contributed by atoms with Gasteiger partial charge in [-0.3, -0.25) is 14.5 Å². The number of carbonyl (C=O) groups is 2. The van der Waals surface area contributed by atoms with Crippen LogP contribution in [-0.4, -0.2) is 56.1 Å². The molecule has 0 radical (unpaired) electrons. The zero-order valence-corrected chi connectivity index (χ0v) is 12.6. The van der Waals surface area contributed by atoms with Crippen LogP contribution in [0, 0.1) is 0 Å². The Labute approximate surface area is 130 Å². The molecule has 6 heteroatoms. The minimum Gasteiger partial charge on any atom is -0.379 e. The normalized spacial score (nSPS) is 19.5. The molecule has 2 aliphatic heterocycles. The zero-order valence-electron chi connectivity index (χ0n) is 12.6. The molecule has 1 aromatic carbocycles. The third-order valence-electron chi connectivity index (χ3n) is 4.01. The van der Waals surface area contributed by atoms with Gasteiger partial charge in [-0.05, 0) is 30.7 Å². The molecule has 2 aliphatic rings. The van der Waals surface area contributed by atoms with Gasteiger partial charge in [0.15, 0.2) is 0 Å². The maximum absolute atomic E-state index is 12.0. The maximum atomic E-state index is 12.0. The van der Waals surface area contributed by atoms with Gasteiger partial charge in [0.25, 0.3) is 0 Å². The number of rotatable bonds is 4. The van der Waals surface area contributed by atoms with E-state index in [1.165, 1.54) is 0 Å². The van der Waals surface area contributed by atoms with Gasteiger partial charge in [-0.2, -0.15) is 0 Å². The van der Waals surface area contributed by atoms with E-state index < -0.39 is 0 Å². The summed E-state index contributed by atoms with van der Waals surface area (Å²) in [5, 5.41) is 2.89. The van der Waals surface area contributed by atoms with Gasteiger partial charge in [0, 0.05) is 37.4 Å². The topological polar surface area (TPSA) is 61.9 Å². The summed E-state index contributed by atoms with van der Waals surface area (Å²) >= 11 is 0. The number of hydrogen-bond acceptors (Lipinski definition) is 4. The Morgan fingerprint density at radius 1 is 1.14 bits per heavy atom. The molecule has 1 N–H and O–H groups in total. The van der Waals surface area contributed by atoms with Gasteiger partial charge in [-0.1, -0.05) is 0 Å². The molecule has 22 heavy (non-hydrogen) atoms. The molecule has 0 bridgehead atoms. The van der Waals surface area contributed by atoms with Crippen molar-refractivity contribution in [1.82, 2.24) is 4.90 Å². The van der Waals surface area contributed by atoms with Crippen LogP contribution in [0.25, 0.3) is 0 Å². The molecule has 2 heterocycles. The van der Waals surface area contributed by atoms with Crippen LogP contribution in [0.3, 0.4) is 0 Å². The SMILES string of the molecule is O=C(CN1CCOCC1)Nc1ccc(N2CCCC2=O)cc1. The van der Waals surface area contributed by atoms with E-state index >= 15 is 0 Å². The number of carbonyl (C=O) groups excluding carboxylic acids is 2. The van der Waals surface area contributed by atoms with Crippen LogP contribution < -0.4 is 10.2 Å². The molecule has 2 saturated heterocycles. The number of ether oxygens (including phenoxy) is 1. The summed E-state index contributed by atoms with van der Waals surface area (Å²) in [6.07, 6.45) is 1.54. The summed E-state index contributed by atoms with van der Waals surface area (Å²) in [4.78, 5) is 27.6. The van der Waals surface area contributed by atoms with Crippen molar-refractivity contribution in [3.63, 3.8) is 0 Å². The summed E-state index contributed by atoms with van der Waals surface area (Å²) in [6, 6.07) is 7.46. The van der Waals surface area contributed by atoms with E-state index in [0.717, 1.165) is 37.4 Å². The van der Waals surface area contributed by atoms with Crippen molar-refractivity contribution in [2.45, 2.75) is 12.8 Å². The highest BCUT2D eigenvalue weighted by Crippen LogP contribution is 2.22. The number of nitrogens with zero attached hydrogens (tertiary/aromatic N) is 2. The molecule has 0 aliphatic carbocycles. The lowest BCUT2D eigenvalue weighted by Gasteiger charge is -2.25. The Kier molecular flexibility index (Phi) is 4.70. The van der Waals surface area contributed by atoms with Crippen LogP contribution in [-0.2, 0) is 14.3 Å². The van der Waals surface area contributed by atoms with Crippen molar-refractivity contribution in [3.05, 3.63) is 24.3 Å². The fourth-order valence-corrected chi connectivity index (χ4v) is 2.81. The predicted octanol–water partition coefficient (Wildman–Crippen LogP) is 1.08. The van der Waals surface area contributed by atoms with Gasteiger partial charge in [-0.15, -0.1) is 0 Å². The summed E-state index contributed by atoms with van der Waals surface area (Å²) in [7, 11) is 0. The van der Waals surface area contributed by atoms with Gasteiger partial charge in [0.05, 0.1) is 19.8 Å². The number of anilines is 2. The second-order valence-corrected chi connectivity index (χ2v) is 5.63. The number of amides is 2. The highest BCUT2D eigenvalue weighted by molar-refractivity contribution is 5.96. The van der Waals surface area contributed by atoms with Crippen molar-refractivity contribution in [1.29, 1.82) is 0 Å². The Morgan fingerprint density at radius 3 is 2.50 bits per heavy atom. The van der Waals surface area contributed by atoms with Crippen molar-refractivity contribution in [2.24, 2.45) is 0 Å². The molecule has 2 fully saturated rings. The summed E-state index contributed by atoms with van der Waals surface area (Å²) < 4.78 is 5.26. The third-order valence-corrected chi connectivity index (χ3v) is 4.01.